The summed E-state index contributed by atoms with van der Waals surface area (Å²) in [4.78, 5) is 24.9. The highest BCUT2D eigenvalue weighted by molar-refractivity contribution is 6.07. The number of urea groups is 1. The topological polar surface area (TPSA) is 71.0 Å². The van der Waals surface area contributed by atoms with Crippen molar-refractivity contribution >= 4 is 18.2 Å². The van der Waals surface area contributed by atoms with Gasteiger partial charge in [-0.25, -0.2) is 13.6 Å². The van der Waals surface area contributed by atoms with Gasteiger partial charge in [-0.15, -0.1) is 5.01 Å². The number of carbonyl (C=O) groups excluding carboxylic acids is 2. The second-order valence-electron chi connectivity index (χ2n) is 5.82. The SMILES string of the molecule is COc1ccc(C2(C)NC(=O)N(N=Cc3ccc(F)c(F)c3)C2=O)cc1. The van der Waals surface area contributed by atoms with Gasteiger partial charge in [-0.05, 0) is 42.3 Å². The minimum absolute atomic E-state index is 0.211. The number of amides is 3. The Morgan fingerprint density at radius 2 is 1.81 bits per heavy atom. The Morgan fingerprint density at radius 1 is 1.12 bits per heavy atom. The first-order valence-electron chi connectivity index (χ1n) is 7.65. The van der Waals surface area contributed by atoms with E-state index < -0.39 is 29.1 Å². The molecular weight excluding hydrogens is 344 g/mol. The van der Waals surface area contributed by atoms with Crippen molar-refractivity contribution in [2.45, 2.75) is 12.5 Å². The van der Waals surface area contributed by atoms with Crippen LogP contribution in [0.5, 0.6) is 5.75 Å². The maximum absolute atomic E-state index is 13.2. The van der Waals surface area contributed by atoms with Crippen LogP contribution in [0.15, 0.2) is 47.6 Å². The predicted molar refractivity (Wildman–Crippen MR) is 89.7 cm³/mol. The van der Waals surface area contributed by atoms with E-state index in [1.807, 2.05) is 0 Å². The van der Waals surface area contributed by atoms with Crippen LogP contribution in [0.1, 0.15) is 18.1 Å². The number of hydrogen-bond acceptors (Lipinski definition) is 4. The number of methoxy groups -OCH3 is 1. The molecule has 1 aliphatic rings. The monoisotopic (exact) mass is 359 g/mol. The summed E-state index contributed by atoms with van der Waals surface area (Å²) < 4.78 is 31.3. The molecular formula is C18H15F2N3O3. The van der Waals surface area contributed by atoms with E-state index in [4.69, 9.17) is 4.74 Å². The summed E-state index contributed by atoms with van der Waals surface area (Å²) in [5.74, 6) is -2.02. The van der Waals surface area contributed by atoms with Gasteiger partial charge in [-0.3, -0.25) is 4.79 Å². The summed E-state index contributed by atoms with van der Waals surface area (Å²) in [6.07, 6.45) is 1.11. The maximum Gasteiger partial charge on any atom is 0.346 e. The Kier molecular flexibility index (Phi) is 4.41. The summed E-state index contributed by atoms with van der Waals surface area (Å²) >= 11 is 0. The van der Waals surface area contributed by atoms with Crippen molar-refractivity contribution in [3.05, 3.63) is 65.2 Å². The molecule has 1 N–H and O–H groups in total. The lowest BCUT2D eigenvalue weighted by Gasteiger charge is -2.21. The fourth-order valence-electron chi connectivity index (χ4n) is 2.57. The van der Waals surface area contributed by atoms with Crippen molar-refractivity contribution in [2.24, 2.45) is 5.10 Å². The molecule has 26 heavy (non-hydrogen) atoms. The molecule has 1 aliphatic heterocycles. The Hall–Kier alpha value is -3.29. The van der Waals surface area contributed by atoms with Gasteiger partial charge in [0.1, 0.15) is 11.3 Å². The fourth-order valence-corrected chi connectivity index (χ4v) is 2.57. The Morgan fingerprint density at radius 3 is 2.42 bits per heavy atom. The van der Waals surface area contributed by atoms with E-state index in [0.717, 1.165) is 18.3 Å². The number of hydrazone groups is 1. The lowest BCUT2D eigenvalue weighted by molar-refractivity contribution is -0.131. The summed E-state index contributed by atoms with van der Waals surface area (Å²) in [5.41, 5.74) is -0.529. The number of benzene rings is 2. The average molecular weight is 359 g/mol. The van der Waals surface area contributed by atoms with Gasteiger partial charge in [0.05, 0.1) is 13.3 Å². The zero-order valence-corrected chi connectivity index (χ0v) is 14.0. The standard InChI is InChI=1S/C18H15F2N3O3/c1-18(12-4-6-13(26-2)7-5-12)16(24)23(17(25)22-18)21-10-11-3-8-14(19)15(20)9-11/h3-10H,1-2H3,(H,22,25). The predicted octanol–water partition coefficient (Wildman–Crippen LogP) is 2.77. The van der Waals surface area contributed by atoms with Crippen LogP contribution in [0.3, 0.4) is 0 Å². The number of halogens is 2. The van der Waals surface area contributed by atoms with Crippen LogP contribution < -0.4 is 10.1 Å². The number of hydrogen-bond donors (Lipinski definition) is 1. The third kappa shape index (κ3) is 3.01. The number of nitrogens with one attached hydrogen (secondary N) is 1. The molecule has 1 saturated heterocycles. The molecule has 1 atom stereocenters. The molecule has 0 bridgehead atoms. The molecule has 1 fully saturated rings. The lowest BCUT2D eigenvalue weighted by atomic mass is 9.92. The molecule has 3 amide bonds. The van der Waals surface area contributed by atoms with Crippen LogP contribution in [0.25, 0.3) is 0 Å². The fraction of sp³-hybridized carbons (Fsp3) is 0.167. The highest BCUT2D eigenvalue weighted by atomic mass is 19.2. The van der Waals surface area contributed by atoms with E-state index in [1.54, 1.807) is 31.2 Å². The first-order chi connectivity index (χ1) is 12.3. The number of nitrogens with zero attached hydrogens (tertiary/aromatic N) is 2. The molecule has 0 aliphatic carbocycles. The third-order valence-corrected chi connectivity index (χ3v) is 4.10. The van der Waals surface area contributed by atoms with Crippen LogP contribution in [0, 0.1) is 11.6 Å². The van der Waals surface area contributed by atoms with E-state index >= 15 is 0 Å². The van der Waals surface area contributed by atoms with E-state index in [9.17, 15) is 18.4 Å². The zero-order chi connectivity index (χ0) is 18.9. The van der Waals surface area contributed by atoms with Gasteiger partial charge in [-0.2, -0.15) is 5.10 Å². The highest BCUT2D eigenvalue weighted by Crippen LogP contribution is 2.30. The molecule has 2 aromatic carbocycles. The van der Waals surface area contributed by atoms with Gasteiger partial charge in [0, 0.05) is 0 Å². The van der Waals surface area contributed by atoms with Crippen molar-refractivity contribution in [1.82, 2.24) is 10.3 Å². The zero-order valence-electron chi connectivity index (χ0n) is 14.0. The van der Waals surface area contributed by atoms with Gasteiger partial charge in [0.2, 0.25) is 0 Å². The molecule has 0 saturated carbocycles. The van der Waals surface area contributed by atoms with Crippen molar-refractivity contribution in [2.75, 3.05) is 7.11 Å². The second-order valence-corrected chi connectivity index (χ2v) is 5.82. The van der Waals surface area contributed by atoms with Crippen molar-refractivity contribution in [3.8, 4) is 5.75 Å². The molecule has 8 heteroatoms. The smallest absolute Gasteiger partial charge is 0.346 e. The summed E-state index contributed by atoms with van der Waals surface area (Å²) in [6, 6.07) is 9.10. The minimum atomic E-state index is -1.30. The van der Waals surface area contributed by atoms with Crippen molar-refractivity contribution in [3.63, 3.8) is 0 Å². The number of imide groups is 1. The second kappa shape index (κ2) is 6.55. The van der Waals surface area contributed by atoms with Crippen LogP contribution in [-0.4, -0.2) is 30.3 Å². The Labute approximate surface area is 148 Å². The van der Waals surface area contributed by atoms with E-state index in [2.05, 4.69) is 10.4 Å². The molecule has 1 unspecified atom stereocenters. The van der Waals surface area contributed by atoms with Gasteiger partial charge in [0.25, 0.3) is 5.91 Å². The van der Waals surface area contributed by atoms with Crippen LogP contribution in [-0.2, 0) is 10.3 Å². The third-order valence-electron chi connectivity index (χ3n) is 4.10. The first kappa shape index (κ1) is 17.5. The molecule has 3 rings (SSSR count). The Balaban J connectivity index is 1.85. The van der Waals surface area contributed by atoms with Crippen LogP contribution in [0.2, 0.25) is 0 Å². The molecule has 0 aromatic heterocycles. The molecule has 6 nitrogen and oxygen atoms in total. The van der Waals surface area contributed by atoms with E-state index in [0.29, 0.717) is 16.3 Å². The summed E-state index contributed by atoms with van der Waals surface area (Å²) in [5, 5.41) is 7.06. The number of ether oxygens (including phenoxy) is 1. The Bertz CT molecular complexity index is 899. The highest BCUT2D eigenvalue weighted by Gasteiger charge is 2.49. The largest absolute Gasteiger partial charge is 0.497 e. The number of rotatable bonds is 4. The van der Waals surface area contributed by atoms with Crippen molar-refractivity contribution < 1.29 is 23.1 Å². The normalized spacial score (nSPS) is 19.9. The van der Waals surface area contributed by atoms with Gasteiger partial charge in [-0.1, -0.05) is 18.2 Å². The van der Waals surface area contributed by atoms with E-state index in [1.165, 1.54) is 13.2 Å². The molecule has 134 valence electrons. The molecule has 0 spiro atoms. The van der Waals surface area contributed by atoms with Gasteiger partial charge >= 0.3 is 6.03 Å². The lowest BCUT2D eigenvalue weighted by Crippen LogP contribution is -2.40. The summed E-state index contributed by atoms with van der Waals surface area (Å²) in [6.45, 7) is 1.56. The van der Waals surface area contributed by atoms with Gasteiger partial charge in [0.15, 0.2) is 11.6 Å². The molecule has 0 radical (unpaired) electrons. The molecule has 2 aromatic rings. The van der Waals surface area contributed by atoms with E-state index in [-0.39, 0.29) is 5.56 Å². The first-order valence-corrected chi connectivity index (χ1v) is 7.65. The minimum Gasteiger partial charge on any atom is -0.497 e. The molecule has 1 heterocycles. The van der Waals surface area contributed by atoms with Crippen LogP contribution in [0.4, 0.5) is 13.6 Å². The van der Waals surface area contributed by atoms with Crippen molar-refractivity contribution in [1.29, 1.82) is 0 Å². The van der Waals surface area contributed by atoms with Gasteiger partial charge < -0.3 is 10.1 Å². The number of carbonyl (C=O) groups is 2. The average Bonchev–Trinajstić information content (AvgIpc) is 2.86. The quantitative estimate of drug-likeness (QED) is 0.674. The maximum atomic E-state index is 13.2. The summed E-state index contributed by atoms with van der Waals surface area (Å²) in [7, 11) is 1.52. The van der Waals surface area contributed by atoms with Crippen LogP contribution >= 0.6 is 0 Å².